The third-order valence-corrected chi connectivity index (χ3v) is 9.06. The SMILES string of the molecule is COc1cc(N2CCN(C(C)=O)CC2)ccc1NC(=O)C(Cc1c[nH]c2ccccc12)NS(=O)(=O)c1ccc(C)cc1. The maximum Gasteiger partial charge on any atom is 0.243 e. The van der Waals surface area contributed by atoms with Crippen molar-refractivity contribution in [2.75, 3.05) is 43.5 Å². The molecule has 1 saturated heterocycles. The molecule has 0 spiro atoms. The van der Waals surface area contributed by atoms with Crippen LogP contribution in [-0.2, 0) is 26.0 Å². The summed E-state index contributed by atoms with van der Waals surface area (Å²) >= 11 is 0. The van der Waals surface area contributed by atoms with Crippen LogP contribution >= 0.6 is 0 Å². The first kappa shape index (κ1) is 29.2. The molecule has 1 fully saturated rings. The summed E-state index contributed by atoms with van der Waals surface area (Å²) in [5.74, 6) is -0.00958. The van der Waals surface area contributed by atoms with E-state index in [4.69, 9.17) is 4.74 Å². The summed E-state index contributed by atoms with van der Waals surface area (Å²) in [6.45, 7) is 6.08. The van der Waals surface area contributed by atoms with E-state index in [1.54, 1.807) is 31.3 Å². The number of H-pyrrole nitrogens is 1. The molecule has 42 heavy (non-hydrogen) atoms. The van der Waals surface area contributed by atoms with Crippen LogP contribution in [0.4, 0.5) is 11.4 Å². The van der Waals surface area contributed by atoms with E-state index in [1.807, 2.05) is 48.2 Å². The number of anilines is 2. The molecular weight excluding hydrogens is 554 g/mol. The van der Waals surface area contributed by atoms with E-state index in [-0.39, 0.29) is 17.2 Å². The van der Waals surface area contributed by atoms with Crippen molar-refractivity contribution in [2.24, 2.45) is 0 Å². The molecule has 11 heteroatoms. The highest BCUT2D eigenvalue weighted by Gasteiger charge is 2.28. The van der Waals surface area contributed by atoms with Gasteiger partial charge in [0.25, 0.3) is 0 Å². The molecule has 2 amide bonds. The van der Waals surface area contributed by atoms with E-state index in [2.05, 4.69) is 19.9 Å². The first-order valence-electron chi connectivity index (χ1n) is 13.8. The van der Waals surface area contributed by atoms with Gasteiger partial charge in [-0.05, 0) is 49.2 Å². The molecule has 220 valence electrons. The number of hydrogen-bond donors (Lipinski definition) is 3. The molecule has 0 aliphatic carbocycles. The first-order chi connectivity index (χ1) is 20.1. The maximum atomic E-state index is 13.7. The maximum absolute atomic E-state index is 13.7. The Morgan fingerprint density at radius 2 is 1.71 bits per heavy atom. The minimum atomic E-state index is -4.00. The van der Waals surface area contributed by atoms with Crippen molar-refractivity contribution in [3.05, 3.63) is 84.1 Å². The van der Waals surface area contributed by atoms with Crippen LogP contribution in [0.15, 0.2) is 77.8 Å². The normalized spacial score (nSPS) is 14.5. The Kier molecular flexibility index (Phi) is 8.51. The number of carbonyl (C=O) groups is 2. The highest BCUT2D eigenvalue weighted by Crippen LogP contribution is 2.31. The number of rotatable bonds is 9. The zero-order valence-corrected chi connectivity index (χ0v) is 24.7. The van der Waals surface area contributed by atoms with E-state index in [9.17, 15) is 18.0 Å². The molecule has 1 atom stereocenters. The molecule has 0 bridgehead atoms. The molecule has 1 unspecified atom stereocenters. The minimum Gasteiger partial charge on any atom is -0.494 e. The van der Waals surface area contributed by atoms with Crippen molar-refractivity contribution in [1.29, 1.82) is 0 Å². The van der Waals surface area contributed by atoms with Gasteiger partial charge in [-0.2, -0.15) is 4.72 Å². The third-order valence-electron chi connectivity index (χ3n) is 7.58. The number of hydrogen-bond acceptors (Lipinski definition) is 6. The Hall–Kier alpha value is -4.35. The molecule has 3 aromatic carbocycles. The van der Waals surface area contributed by atoms with Gasteiger partial charge in [0, 0.05) is 62.0 Å². The van der Waals surface area contributed by atoms with Gasteiger partial charge in [0.15, 0.2) is 0 Å². The topological polar surface area (TPSA) is 124 Å². The number of sulfonamides is 1. The fraction of sp³-hybridized carbons (Fsp3) is 0.290. The minimum absolute atomic E-state index is 0.0606. The predicted octanol–water partition coefficient (Wildman–Crippen LogP) is 3.68. The van der Waals surface area contributed by atoms with Crippen molar-refractivity contribution in [1.82, 2.24) is 14.6 Å². The molecule has 10 nitrogen and oxygen atoms in total. The number of aryl methyl sites for hydroxylation is 1. The van der Waals surface area contributed by atoms with E-state index in [0.29, 0.717) is 37.6 Å². The van der Waals surface area contributed by atoms with Gasteiger partial charge in [-0.1, -0.05) is 35.9 Å². The lowest BCUT2D eigenvalue weighted by Crippen LogP contribution is -2.48. The fourth-order valence-electron chi connectivity index (χ4n) is 5.16. The van der Waals surface area contributed by atoms with Crippen LogP contribution in [0.2, 0.25) is 0 Å². The standard InChI is InChI=1S/C31H35N5O5S/c1-21-8-11-25(12-9-21)42(39,40)34-29(18-23-20-32-27-7-5-4-6-26(23)27)31(38)33-28-13-10-24(19-30(28)41-3)36-16-14-35(15-17-36)22(2)37/h4-13,19-20,29,32,34H,14-18H2,1-3H3,(H,33,38). The number of amides is 2. The summed E-state index contributed by atoms with van der Waals surface area (Å²) in [6.07, 6.45) is 1.92. The van der Waals surface area contributed by atoms with Gasteiger partial charge in [0.2, 0.25) is 21.8 Å². The summed E-state index contributed by atoms with van der Waals surface area (Å²) in [5, 5.41) is 3.80. The number of aromatic amines is 1. The zero-order chi connectivity index (χ0) is 29.9. The van der Waals surface area contributed by atoms with Crippen molar-refractivity contribution in [2.45, 2.75) is 31.2 Å². The highest BCUT2D eigenvalue weighted by molar-refractivity contribution is 7.89. The zero-order valence-electron chi connectivity index (χ0n) is 23.9. The van der Waals surface area contributed by atoms with E-state index < -0.39 is 22.0 Å². The summed E-state index contributed by atoms with van der Waals surface area (Å²) in [6, 6.07) is 18.5. The number of nitrogens with one attached hydrogen (secondary N) is 3. The van der Waals surface area contributed by atoms with Gasteiger partial charge in [-0.25, -0.2) is 8.42 Å². The Bertz CT molecular complexity index is 1690. The van der Waals surface area contributed by atoms with Crippen LogP contribution in [0.25, 0.3) is 10.9 Å². The molecular formula is C31H35N5O5S. The van der Waals surface area contributed by atoms with Gasteiger partial charge in [-0.15, -0.1) is 0 Å². The Labute approximate surface area is 245 Å². The van der Waals surface area contributed by atoms with Crippen molar-refractivity contribution >= 4 is 44.1 Å². The van der Waals surface area contributed by atoms with Crippen LogP contribution in [0.3, 0.4) is 0 Å². The predicted molar refractivity (Wildman–Crippen MR) is 163 cm³/mol. The Morgan fingerprint density at radius 3 is 2.40 bits per heavy atom. The van der Waals surface area contributed by atoms with Crippen LogP contribution in [0.1, 0.15) is 18.1 Å². The van der Waals surface area contributed by atoms with Crippen LogP contribution in [0, 0.1) is 6.92 Å². The van der Waals surface area contributed by atoms with Crippen LogP contribution in [-0.4, -0.2) is 69.4 Å². The fourth-order valence-corrected chi connectivity index (χ4v) is 6.36. The number of piperazine rings is 1. The number of ether oxygens (including phenoxy) is 1. The molecule has 1 aromatic heterocycles. The lowest BCUT2D eigenvalue weighted by atomic mass is 10.0. The number of methoxy groups -OCH3 is 1. The number of para-hydroxylation sites is 1. The molecule has 1 aliphatic heterocycles. The number of fused-ring (bicyclic) bond motifs is 1. The van der Waals surface area contributed by atoms with E-state index in [1.165, 1.54) is 19.2 Å². The van der Waals surface area contributed by atoms with E-state index >= 15 is 0 Å². The Morgan fingerprint density at radius 1 is 1.00 bits per heavy atom. The number of aromatic nitrogens is 1. The number of nitrogens with zero attached hydrogens (tertiary/aromatic N) is 2. The average molecular weight is 590 g/mol. The van der Waals surface area contributed by atoms with Crippen LogP contribution in [0.5, 0.6) is 5.75 Å². The smallest absolute Gasteiger partial charge is 0.243 e. The van der Waals surface area contributed by atoms with Gasteiger partial charge in [0.05, 0.1) is 17.7 Å². The highest BCUT2D eigenvalue weighted by atomic mass is 32.2. The first-order valence-corrected chi connectivity index (χ1v) is 15.3. The largest absolute Gasteiger partial charge is 0.494 e. The van der Waals surface area contributed by atoms with E-state index in [0.717, 1.165) is 27.7 Å². The molecule has 4 aromatic rings. The molecule has 0 radical (unpaired) electrons. The average Bonchev–Trinajstić information content (AvgIpc) is 3.40. The van der Waals surface area contributed by atoms with Gasteiger partial charge >= 0.3 is 0 Å². The number of benzene rings is 3. The lowest BCUT2D eigenvalue weighted by Gasteiger charge is -2.35. The molecule has 1 aliphatic rings. The summed E-state index contributed by atoms with van der Waals surface area (Å²) < 4.78 is 35.0. The number of carbonyl (C=O) groups excluding carboxylic acids is 2. The van der Waals surface area contributed by atoms with Gasteiger partial charge in [-0.3, -0.25) is 9.59 Å². The molecule has 2 heterocycles. The van der Waals surface area contributed by atoms with Crippen molar-refractivity contribution in [3.8, 4) is 5.75 Å². The second-order valence-electron chi connectivity index (χ2n) is 10.4. The molecule has 0 saturated carbocycles. The van der Waals surface area contributed by atoms with Crippen molar-refractivity contribution in [3.63, 3.8) is 0 Å². The van der Waals surface area contributed by atoms with Gasteiger partial charge in [0.1, 0.15) is 11.8 Å². The Balaban J connectivity index is 1.39. The second-order valence-corrected chi connectivity index (χ2v) is 12.1. The van der Waals surface area contributed by atoms with Gasteiger partial charge < -0.3 is 24.8 Å². The summed E-state index contributed by atoms with van der Waals surface area (Å²) in [4.78, 5) is 32.7. The second kappa shape index (κ2) is 12.3. The summed E-state index contributed by atoms with van der Waals surface area (Å²) in [5.41, 5.74) is 3.97. The quantitative estimate of drug-likeness (QED) is 0.274. The third kappa shape index (κ3) is 6.42. The monoisotopic (exact) mass is 589 g/mol. The van der Waals surface area contributed by atoms with Crippen LogP contribution < -0.4 is 19.7 Å². The van der Waals surface area contributed by atoms with Crippen molar-refractivity contribution < 1.29 is 22.7 Å². The summed E-state index contributed by atoms with van der Waals surface area (Å²) in [7, 11) is -2.48. The lowest BCUT2D eigenvalue weighted by molar-refractivity contribution is -0.129. The molecule has 5 rings (SSSR count). The molecule has 3 N–H and O–H groups in total.